The van der Waals surface area contributed by atoms with Crippen LogP contribution in [0, 0.1) is 6.92 Å². The topological polar surface area (TPSA) is 91.8 Å². The number of hydrogen-bond acceptors (Lipinski definition) is 4. The molecule has 3 rings (SSSR count). The van der Waals surface area contributed by atoms with Crippen LogP contribution in [0.15, 0.2) is 52.4 Å². The van der Waals surface area contributed by atoms with Crippen LogP contribution in [0.25, 0.3) is 0 Å². The fraction of sp³-hybridized carbons (Fsp3) is 0.409. The van der Waals surface area contributed by atoms with Gasteiger partial charge in [0.15, 0.2) is 5.96 Å². The predicted octanol–water partition coefficient (Wildman–Crippen LogP) is 2.70. The van der Waals surface area contributed by atoms with Crippen molar-refractivity contribution < 1.29 is 13.2 Å². The molecule has 1 fully saturated rings. The van der Waals surface area contributed by atoms with E-state index in [9.17, 15) is 8.42 Å². The lowest BCUT2D eigenvalue weighted by Crippen LogP contribution is -2.36. The molecule has 162 valence electrons. The number of benzene rings is 2. The van der Waals surface area contributed by atoms with Crippen molar-refractivity contribution in [2.45, 2.75) is 50.7 Å². The van der Waals surface area contributed by atoms with Gasteiger partial charge >= 0.3 is 0 Å². The third-order valence-electron chi connectivity index (χ3n) is 4.79. The van der Waals surface area contributed by atoms with Crippen LogP contribution in [-0.2, 0) is 23.1 Å². The van der Waals surface area contributed by atoms with Crippen LogP contribution in [0.5, 0.6) is 5.75 Å². The average molecular weight is 431 g/mol. The minimum absolute atomic E-state index is 0.0995. The summed E-state index contributed by atoms with van der Waals surface area (Å²) in [7, 11) is -1.70. The van der Waals surface area contributed by atoms with Crippen molar-refractivity contribution in [1.29, 1.82) is 0 Å². The van der Waals surface area contributed by atoms with Gasteiger partial charge in [0.1, 0.15) is 5.75 Å². The van der Waals surface area contributed by atoms with Crippen molar-refractivity contribution in [3.63, 3.8) is 0 Å². The number of nitrogens with zero attached hydrogens (tertiary/aromatic N) is 1. The Morgan fingerprint density at radius 1 is 1.10 bits per heavy atom. The zero-order valence-corrected chi connectivity index (χ0v) is 18.6. The molecule has 0 bridgehead atoms. The number of aliphatic imine (C=N–C) groups is 1. The molecule has 1 saturated carbocycles. The molecule has 0 atom stereocenters. The molecule has 0 unspecified atom stereocenters. The summed E-state index contributed by atoms with van der Waals surface area (Å²) in [6, 6.07) is 13.1. The molecule has 0 amide bonds. The van der Waals surface area contributed by atoms with Crippen LogP contribution in [0.4, 0.5) is 0 Å². The van der Waals surface area contributed by atoms with E-state index in [0.29, 0.717) is 30.6 Å². The van der Waals surface area contributed by atoms with E-state index in [1.54, 1.807) is 19.2 Å². The molecule has 2 aromatic carbocycles. The summed E-state index contributed by atoms with van der Waals surface area (Å²) in [5.74, 6) is 1.53. The highest BCUT2D eigenvalue weighted by molar-refractivity contribution is 7.89. The van der Waals surface area contributed by atoms with Crippen LogP contribution in [0.2, 0.25) is 0 Å². The molecule has 0 spiro atoms. The Kier molecular flexibility index (Phi) is 7.33. The number of rotatable bonds is 9. The van der Waals surface area contributed by atoms with Crippen molar-refractivity contribution in [3.05, 3.63) is 59.2 Å². The lowest BCUT2D eigenvalue weighted by Gasteiger charge is -2.15. The Morgan fingerprint density at radius 3 is 2.43 bits per heavy atom. The molecule has 7 nitrogen and oxygen atoms in total. The Bertz CT molecular complexity index is 984. The third kappa shape index (κ3) is 6.21. The van der Waals surface area contributed by atoms with E-state index >= 15 is 0 Å². The maximum absolute atomic E-state index is 12.3. The predicted molar refractivity (Wildman–Crippen MR) is 119 cm³/mol. The first-order chi connectivity index (χ1) is 14.4. The molecule has 0 heterocycles. The third-order valence-corrected chi connectivity index (χ3v) is 6.32. The van der Waals surface area contributed by atoms with Crippen LogP contribution in [0.3, 0.4) is 0 Å². The highest BCUT2D eigenvalue weighted by Gasteiger charge is 2.27. The van der Waals surface area contributed by atoms with Gasteiger partial charge in [-0.1, -0.05) is 24.3 Å². The summed E-state index contributed by atoms with van der Waals surface area (Å²) < 4.78 is 32.9. The second-order valence-electron chi connectivity index (χ2n) is 7.36. The van der Waals surface area contributed by atoms with Gasteiger partial charge in [0.25, 0.3) is 0 Å². The van der Waals surface area contributed by atoms with Crippen molar-refractivity contribution in [1.82, 2.24) is 15.4 Å². The summed E-state index contributed by atoms with van der Waals surface area (Å²) in [4.78, 5) is 4.55. The number of guanidine groups is 1. The first kappa shape index (κ1) is 22.1. The average Bonchev–Trinajstić information content (AvgIpc) is 3.53. The van der Waals surface area contributed by atoms with E-state index in [-0.39, 0.29) is 6.04 Å². The number of aryl methyl sites for hydroxylation is 1. The zero-order valence-electron chi connectivity index (χ0n) is 17.7. The number of nitrogens with one attached hydrogen (secondary N) is 3. The Labute approximate surface area is 179 Å². The highest BCUT2D eigenvalue weighted by Crippen LogP contribution is 2.22. The fourth-order valence-corrected chi connectivity index (χ4v) is 4.26. The minimum atomic E-state index is -3.42. The summed E-state index contributed by atoms with van der Waals surface area (Å²) in [6.07, 6.45) is 1.84. The standard InChI is InChI=1S/C22H30N4O3S/c1-4-29-21-13-16(2)5-8-18(21)15-25-22(23-3)24-14-17-6-11-20(12-7-17)30(27,28)26-19-9-10-19/h5-8,11-13,19,26H,4,9-10,14-15H2,1-3H3,(H2,23,24,25). The molecule has 0 radical (unpaired) electrons. The van der Waals surface area contributed by atoms with Gasteiger partial charge in [0, 0.05) is 31.7 Å². The first-order valence-corrected chi connectivity index (χ1v) is 11.7. The van der Waals surface area contributed by atoms with E-state index < -0.39 is 10.0 Å². The summed E-state index contributed by atoms with van der Waals surface area (Å²) in [5.41, 5.74) is 3.18. The van der Waals surface area contributed by atoms with Gasteiger partial charge in [-0.3, -0.25) is 4.99 Å². The van der Waals surface area contributed by atoms with Gasteiger partial charge in [-0.2, -0.15) is 0 Å². The minimum Gasteiger partial charge on any atom is -0.494 e. The van der Waals surface area contributed by atoms with E-state index in [4.69, 9.17) is 4.74 Å². The molecule has 0 saturated heterocycles. The van der Waals surface area contributed by atoms with E-state index in [1.165, 1.54) is 0 Å². The lowest BCUT2D eigenvalue weighted by atomic mass is 10.1. The van der Waals surface area contributed by atoms with Crippen LogP contribution in [-0.4, -0.2) is 34.1 Å². The highest BCUT2D eigenvalue weighted by atomic mass is 32.2. The molecular weight excluding hydrogens is 400 g/mol. The monoisotopic (exact) mass is 430 g/mol. The molecule has 0 aromatic heterocycles. The smallest absolute Gasteiger partial charge is 0.240 e. The normalized spacial score (nSPS) is 14.4. The molecule has 2 aromatic rings. The van der Waals surface area contributed by atoms with Gasteiger partial charge in [0.05, 0.1) is 11.5 Å². The van der Waals surface area contributed by atoms with Gasteiger partial charge < -0.3 is 15.4 Å². The summed E-state index contributed by atoms with van der Waals surface area (Å²) in [5, 5.41) is 6.54. The van der Waals surface area contributed by atoms with Gasteiger partial charge in [-0.05, 0) is 56.0 Å². The first-order valence-electron chi connectivity index (χ1n) is 10.2. The molecular formula is C22H30N4O3S. The second kappa shape index (κ2) is 9.95. The summed E-state index contributed by atoms with van der Waals surface area (Å²) in [6.45, 7) is 5.74. The Morgan fingerprint density at radius 2 is 1.80 bits per heavy atom. The number of sulfonamides is 1. The molecule has 1 aliphatic carbocycles. The maximum Gasteiger partial charge on any atom is 0.240 e. The van der Waals surface area contributed by atoms with Crippen molar-refractivity contribution in [2.75, 3.05) is 13.7 Å². The van der Waals surface area contributed by atoms with Gasteiger partial charge in [0.2, 0.25) is 10.0 Å². The molecule has 0 aliphatic heterocycles. The van der Waals surface area contributed by atoms with Gasteiger partial charge in [-0.25, -0.2) is 13.1 Å². The lowest BCUT2D eigenvalue weighted by molar-refractivity contribution is 0.336. The van der Waals surface area contributed by atoms with Crippen LogP contribution in [0.1, 0.15) is 36.5 Å². The quantitative estimate of drug-likeness (QED) is 0.420. The SMILES string of the molecule is CCOc1cc(C)ccc1CNC(=NC)NCc1ccc(S(=O)(=O)NC2CC2)cc1. The largest absolute Gasteiger partial charge is 0.494 e. The number of ether oxygens (including phenoxy) is 1. The Balaban J connectivity index is 1.54. The van der Waals surface area contributed by atoms with E-state index in [1.807, 2.05) is 32.0 Å². The van der Waals surface area contributed by atoms with E-state index in [2.05, 4.69) is 32.5 Å². The second-order valence-corrected chi connectivity index (χ2v) is 9.08. The fourth-order valence-electron chi connectivity index (χ4n) is 2.96. The zero-order chi connectivity index (χ0) is 21.6. The molecule has 30 heavy (non-hydrogen) atoms. The maximum atomic E-state index is 12.3. The van der Waals surface area contributed by atoms with Crippen molar-refractivity contribution in [2.24, 2.45) is 4.99 Å². The Hall–Kier alpha value is -2.58. The molecule has 8 heteroatoms. The van der Waals surface area contributed by atoms with Crippen molar-refractivity contribution >= 4 is 16.0 Å². The molecule has 3 N–H and O–H groups in total. The van der Waals surface area contributed by atoms with E-state index in [0.717, 1.165) is 35.3 Å². The molecule has 1 aliphatic rings. The summed E-state index contributed by atoms with van der Waals surface area (Å²) >= 11 is 0. The van der Waals surface area contributed by atoms with Crippen LogP contribution < -0.4 is 20.1 Å². The van der Waals surface area contributed by atoms with Crippen LogP contribution >= 0.6 is 0 Å². The van der Waals surface area contributed by atoms with Crippen molar-refractivity contribution in [3.8, 4) is 5.75 Å². The number of hydrogen-bond donors (Lipinski definition) is 3. The van der Waals surface area contributed by atoms with Gasteiger partial charge in [-0.15, -0.1) is 0 Å².